The number of ether oxygens (including phenoxy) is 2. The number of rotatable bonds is 1. The standard InChI is InChI=1S/C13H17NO3/c1-10-8-14(9-11(2)16-10)13(15)17-12-6-4-3-5-7-12/h3-7,10-11H,8-9H2,1-2H3/t10-,11-/m1/s1. The number of hydrogen-bond acceptors (Lipinski definition) is 3. The molecule has 1 aromatic rings. The van der Waals surface area contributed by atoms with Crippen LogP contribution in [0.4, 0.5) is 4.79 Å². The summed E-state index contributed by atoms with van der Waals surface area (Å²) < 4.78 is 10.8. The molecule has 1 fully saturated rings. The SMILES string of the molecule is C[C@@H]1CN(C(=O)Oc2ccccc2)C[C@@H](C)O1. The molecule has 0 unspecified atom stereocenters. The first-order valence-electron chi connectivity index (χ1n) is 5.82. The Morgan fingerprint density at radius 2 is 1.82 bits per heavy atom. The van der Waals surface area contributed by atoms with Crippen molar-refractivity contribution >= 4 is 6.09 Å². The Labute approximate surface area is 101 Å². The zero-order valence-corrected chi connectivity index (χ0v) is 10.1. The Kier molecular flexibility index (Phi) is 3.64. The lowest BCUT2D eigenvalue weighted by molar-refractivity contribution is -0.0592. The second kappa shape index (κ2) is 5.19. The average Bonchev–Trinajstić information content (AvgIpc) is 2.29. The van der Waals surface area contributed by atoms with Crippen LogP contribution in [0.25, 0.3) is 0 Å². The van der Waals surface area contributed by atoms with E-state index in [0.29, 0.717) is 18.8 Å². The Bertz CT molecular complexity index is 370. The highest BCUT2D eigenvalue weighted by atomic mass is 16.6. The van der Waals surface area contributed by atoms with Crippen molar-refractivity contribution in [3.63, 3.8) is 0 Å². The Balaban J connectivity index is 1.96. The first-order valence-corrected chi connectivity index (χ1v) is 5.82. The fraction of sp³-hybridized carbons (Fsp3) is 0.462. The average molecular weight is 235 g/mol. The molecule has 0 saturated carbocycles. The van der Waals surface area contributed by atoms with E-state index in [2.05, 4.69) is 0 Å². The second-order valence-corrected chi connectivity index (χ2v) is 4.34. The van der Waals surface area contributed by atoms with Gasteiger partial charge < -0.3 is 14.4 Å². The molecule has 2 rings (SSSR count). The molecule has 4 heteroatoms. The molecule has 0 aromatic heterocycles. The quantitative estimate of drug-likeness (QED) is 0.749. The molecule has 17 heavy (non-hydrogen) atoms. The number of hydrogen-bond donors (Lipinski definition) is 0. The van der Waals surface area contributed by atoms with Gasteiger partial charge in [-0.25, -0.2) is 4.79 Å². The summed E-state index contributed by atoms with van der Waals surface area (Å²) in [4.78, 5) is 13.6. The van der Waals surface area contributed by atoms with E-state index in [1.54, 1.807) is 17.0 Å². The van der Waals surface area contributed by atoms with Crippen LogP contribution < -0.4 is 4.74 Å². The van der Waals surface area contributed by atoms with E-state index < -0.39 is 0 Å². The fourth-order valence-electron chi connectivity index (χ4n) is 1.98. The Morgan fingerprint density at radius 3 is 2.41 bits per heavy atom. The van der Waals surface area contributed by atoms with Crippen LogP contribution in [0.5, 0.6) is 5.75 Å². The molecule has 1 aromatic carbocycles. The first-order chi connectivity index (χ1) is 8.15. The van der Waals surface area contributed by atoms with E-state index in [0.717, 1.165) is 0 Å². The predicted octanol–water partition coefficient (Wildman–Crippen LogP) is 2.29. The number of carbonyl (C=O) groups excluding carboxylic acids is 1. The Morgan fingerprint density at radius 1 is 1.24 bits per heavy atom. The van der Waals surface area contributed by atoms with Gasteiger partial charge in [-0.1, -0.05) is 18.2 Å². The molecule has 92 valence electrons. The summed E-state index contributed by atoms with van der Waals surface area (Å²) in [6.07, 6.45) is -0.192. The largest absolute Gasteiger partial charge is 0.415 e. The highest BCUT2D eigenvalue weighted by Gasteiger charge is 2.27. The van der Waals surface area contributed by atoms with Crippen LogP contribution in [-0.2, 0) is 4.74 Å². The summed E-state index contributed by atoms with van der Waals surface area (Å²) in [6.45, 7) is 5.07. The van der Waals surface area contributed by atoms with Crippen molar-refractivity contribution < 1.29 is 14.3 Å². The number of benzene rings is 1. The van der Waals surface area contributed by atoms with Gasteiger partial charge >= 0.3 is 6.09 Å². The van der Waals surface area contributed by atoms with Crippen LogP contribution >= 0.6 is 0 Å². The maximum Gasteiger partial charge on any atom is 0.415 e. The molecule has 2 atom stereocenters. The van der Waals surface area contributed by atoms with Crippen molar-refractivity contribution in [2.75, 3.05) is 13.1 Å². The van der Waals surface area contributed by atoms with Crippen LogP contribution in [0, 0.1) is 0 Å². The van der Waals surface area contributed by atoms with Gasteiger partial charge in [-0.05, 0) is 26.0 Å². The summed E-state index contributed by atoms with van der Waals surface area (Å²) >= 11 is 0. The molecule has 0 radical (unpaired) electrons. The zero-order chi connectivity index (χ0) is 12.3. The van der Waals surface area contributed by atoms with Gasteiger partial charge in [-0.15, -0.1) is 0 Å². The van der Waals surface area contributed by atoms with E-state index in [-0.39, 0.29) is 18.3 Å². The minimum absolute atomic E-state index is 0.0575. The smallest absolute Gasteiger partial charge is 0.410 e. The number of morpholine rings is 1. The van der Waals surface area contributed by atoms with Crippen LogP contribution in [0.3, 0.4) is 0 Å². The van der Waals surface area contributed by atoms with E-state index in [9.17, 15) is 4.79 Å². The topological polar surface area (TPSA) is 38.8 Å². The van der Waals surface area contributed by atoms with Gasteiger partial charge in [-0.3, -0.25) is 0 Å². The van der Waals surface area contributed by atoms with E-state index in [1.807, 2.05) is 32.0 Å². The van der Waals surface area contributed by atoms with Crippen molar-refractivity contribution in [2.45, 2.75) is 26.1 Å². The molecule has 1 saturated heterocycles. The van der Waals surface area contributed by atoms with Crippen LogP contribution in [0.1, 0.15) is 13.8 Å². The molecule has 0 bridgehead atoms. The molecule has 1 amide bonds. The molecule has 1 aliphatic heterocycles. The highest BCUT2D eigenvalue weighted by Crippen LogP contribution is 2.14. The molecule has 1 heterocycles. The molecule has 0 aliphatic carbocycles. The fourth-order valence-corrected chi connectivity index (χ4v) is 1.98. The van der Waals surface area contributed by atoms with Crippen molar-refractivity contribution in [3.8, 4) is 5.75 Å². The highest BCUT2D eigenvalue weighted by molar-refractivity contribution is 5.70. The maximum atomic E-state index is 11.9. The van der Waals surface area contributed by atoms with Crippen molar-refractivity contribution in [1.82, 2.24) is 4.90 Å². The third kappa shape index (κ3) is 3.20. The summed E-state index contributed by atoms with van der Waals surface area (Å²) in [6, 6.07) is 9.10. The van der Waals surface area contributed by atoms with Gasteiger partial charge in [0, 0.05) is 0 Å². The minimum atomic E-state index is -0.307. The lowest BCUT2D eigenvalue weighted by Crippen LogP contribution is -2.49. The lowest BCUT2D eigenvalue weighted by atomic mass is 10.2. The number of carbonyl (C=O) groups is 1. The molecule has 0 N–H and O–H groups in total. The molecule has 4 nitrogen and oxygen atoms in total. The van der Waals surface area contributed by atoms with Gasteiger partial charge in [0.25, 0.3) is 0 Å². The van der Waals surface area contributed by atoms with E-state index >= 15 is 0 Å². The molecular formula is C13H17NO3. The van der Waals surface area contributed by atoms with Gasteiger partial charge in [0.05, 0.1) is 25.3 Å². The summed E-state index contributed by atoms with van der Waals surface area (Å²) in [5.74, 6) is 0.573. The lowest BCUT2D eigenvalue weighted by Gasteiger charge is -2.34. The first kappa shape index (κ1) is 11.9. The second-order valence-electron chi connectivity index (χ2n) is 4.34. The van der Waals surface area contributed by atoms with Crippen LogP contribution in [0.2, 0.25) is 0 Å². The number of nitrogens with zero attached hydrogens (tertiary/aromatic N) is 1. The molecular weight excluding hydrogens is 218 g/mol. The zero-order valence-electron chi connectivity index (χ0n) is 10.1. The number of amides is 1. The number of para-hydroxylation sites is 1. The Hall–Kier alpha value is -1.55. The summed E-state index contributed by atoms with van der Waals surface area (Å²) in [7, 11) is 0. The monoisotopic (exact) mass is 235 g/mol. The molecule has 1 aliphatic rings. The van der Waals surface area contributed by atoms with Crippen molar-refractivity contribution in [1.29, 1.82) is 0 Å². The third-order valence-corrected chi connectivity index (χ3v) is 2.63. The van der Waals surface area contributed by atoms with Crippen molar-refractivity contribution in [3.05, 3.63) is 30.3 Å². The summed E-state index contributed by atoms with van der Waals surface area (Å²) in [5, 5.41) is 0. The summed E-state index contributed by atoms with van der Waals surface area (Å²) in [5.41, 5.74) is 0. The van der Waals surface area contributed by atoms with Crippen LogP contribution in [-0.4, -0.2) is 36.3 Å². The van der Waals surface area contributed by atoms with E-state index in [4.69, 9.17) is 9.47 Å². The molecule has 0 spiro atoms. The predicted molar refractivity (Wildman–Crippen MR) is 64.0 cm³/mol. The minimum Gasteiger partial charge on any atom is -0.410 e. The van der Waals surface area contributed by atoms with Gasteiger partial charge in [0.15, 0.2) is 0 Å². The van der Waals surface area contributed by atoms with E-state index in [1.165, 1.54) is 0 Å². The van der Waals surface area contributed by atoms with Gasteiger partial charge in [0.2, 0.25) is 0 Å². The van der Waals surface area contributed by atoms with Gasteiger partial charge in [0.1, 0.15) is 5.75 Å². The maximum absolute atomic E-state index is 11.9. The van der Waals surface area contributed by atoms with Gasteiger partial charge in [-0.2, -0.15) is 0 Å². The van der Waals surface area contributed by atoms with Crippen molar-refractivity contribution in [2.24, 2.45) is 0 Å². The third-order valence-electron chi connectivity index (χ3n) is 2.63. The normalized spacial score (nSPS) is 24.5. The van der Waals surface area contributed by atoms with Crippen LogP contribution in [0.15, 0.2) is 30.3 Å².